The molecule has 0 aliphatic heterocycles. The minimum absolute atomic E-state index is 0.178. The molecule has 0 unspecified atom stereocenters. The molecule has 0 spiro atoms. The molecular weight excluding hydrogens is 200 g/mol. The van der Waals surface area contributed by atoms with Crippen LogP contribution in [0.5, 0.6) is 0 Å². The molecule has 0 aromatic rings. The highest BCUT2D eigenvalue weighted by atomic mass is 16.3. The second-order valence-electron chi connectivity index (χ2n) is 3.55. The van der Waals surface area contributed by atoms with Gasteiger partial charge in [0.25, 0.3) is 0 Å². The van der Waals surface area contributed by atoms with E-state index in [2.05, 4.69) is 29.8 Å². The molecule has 0 aliphatic carbocycles. The zero-order valence-corrected chi connectivity index (χ0v) is 10.7. The van der Waals surface area contributed by atoms with Crippen molar-refractivity contribution >= 4 is 0 Å². The van der Waals surface area contributed by atoms with E-state index in [9.17, 15) is 0 Å². The SMILES string of the molecule is C=CC/C(=C\C=C(/C)NC)N(CC)CCO. The zero-order chi connectivity index (χ0) is 12.4. The minimum atomic E-state index is 0.178. The normalized spacial score (nSPS) is 12.5. The van der Waals surface area contributed by atoms with Crippen molar-refractivity contribution in [3.63, 3.8) is 0 Å². The fraction of sp³-hybridized carbons (Fsp3) is 0.538. The summed E-state index contributed by atoms with van der Waals surface area (Å²) in [6, 6.07) is 0. The first-order valence-electron chi connectivity index (χ1n) is 5.71. The maximum absolute atomic E-state index is 8.99. The van der Waals surface area contributed by atoms with Crippen LogP contribution < -0.4 is 5.32 Å². The summed E-state index contributed by atoms with van der Waals surface area (Å²) in [7, 11) is 1.90. The Morgan fingerprint density at radius 1 is 1.44 bits per heavy atom. The van der Waals surface area contributed by atoms with Crippen LogP contribution in [0.4, 0.5) is 0 Å². The third kappa shape index (κ3) is 5.61. The van der Waals surface area contributed by atoms with E-state index >= 15 is 0 Å². The van der Waals surface area contributed by atoms with Crippen LogP contribution in [0.3, 0.4) is 0 Å². The van der Waals surface area contributed by atoms with Gasteiger partial charge in [0.2, 0.25) is 0 Å². The molecule has 0 bridgehead atoms. The average Bonchev–Trinajstić information content (AvgIpc) is 2.31. The number of likely N-dealkylation sites (N-methyl/N-ethyl adjacent to an activating group) is 1. The lowest BCUT2D eigenvalue weighted by Gasteiger charge is -2.24. The van der Waals surface area contributed by atoms with Crippen LogP contribution in [-0.4, -0.2) is 36.8 Å². The molecule has 0 heterocycles. The molecule has 0 aromatic carbocycles. The Bertz CT molecular complexity index is 257. The summed E-state index contributed by atoms with van der Waals surface area (Å²) in [4.78, 5) is 2.15. The third-order valence-electron chi connectivity index (χ3n) is 2.43. The number of hydrogen-bond donors (Lipinski definition) is 2. The Labute approximate surface area is 99.2 Å². The Morgan fingerprint density at radius 2 is 2.12 bits per heavy atom. The quantitative estimate of drug-likeness (QED) is 0.488. The standard InChI is InChI=1S/C13H24N2O/c1-5-7-13(9-8-12(3)14-4)15(6-2)10-11-16/h5,8-9,14,16H,1,6-7,10-11H2,2-4H3/b12-8+,13-9+. The van der Waals surface area contributed by atoms with Gasteiger partial charge in [0, 0.05) is 38.0 Å². The summed E-state index contributed by atoms with van der Waals surface area (Å²) in [6.45, 7) is 9.60. The van der Waals surface area contributed by atoms with Crippen molar-refractivity contribution in [2.75, 3.05) is 26.7 Å². The van der Waals surface area contributed by atoms with Crippen LogP contribution in [0.2, 0.25) is 0 Å². The Kier molecular flexibility index (Phi) is 8.35. The molecule has 0 aromatic heterocycles. The molecule has 92 valence electrons. The second-order valence-corrected chi connectivity index (χ2v) is 3.55. The second kappa shape index (κ2) is 9.04. The number of nitrogens with zero attached hydrogens (tertiary/aromatic N) is 1. The van der Waals surface area contributed by atoms with Gasteiger partial charge in [-0.1, -0.05) is 6.08 Å². The highest BCUT2D eigenvalue weighted by Crippen LogP contribution is 2.10. The van der Waals surface area contributed by atoms with Gasteiger partial charge in [-0.05, 0) is 26.0 Å². The lowest BCUT2D eigenvalue weighted by atomic mass is 10.2. The average molecular weight is 224 g/mol. The van der Waals surface area contributed by atoms with Crippen LogP contribution in [0.25, 0.3) is 0 Å². The first-order valence-corrected chi connectivity index (χ1v) is 5.71. The minimum Gasteiger partial charge on any atom is -0.395 e. The lowest BCUT2D eigenvalue weighted by Crippen LogP contribution is -2.25. The van der Waals surface area contributed by atoms with Crippen LogP contribution in [0.1, 0.15) is 20.3 Å². The molecule has 0 saturated heterocycles. The number of aliphatic hydroxyl groups is 1. The first kappa shape index (κ1) is 14.8. The van der Waals surface area contributed by atoms with Gasteiger partial charge in [-0.15, -0.1) is 6.58 Å². The van der Waals surface area contributed by atoms with Gasteiger partial charge < -0.3 is 15.3 Å². The van der Waals surface area contributed by atoms with E-state index in [1.165, 1.54) is 5.70 Å². The fourth-order valence-electron chi connectivity index (χ4n) is 1.38. The number of allylic oxidation sites excluding steroid dienone is 4. The maximum atomic E-state index is 8.99. The number of aliphatic hydroxyl groups excluding tert-OH is 1. The van der Waals surface area contributed by atoms with Crippen LogP contribution in [-0.2, 0) is 0 Å². The molecule has 2 N–H and O–H groups in total. The molecule has 0 rings (SSSR count). The molecule has 0 aliphatic rings. The molecule has 3 nitrogen and oxygen atoms in total. The van der Waals surface area contributed by atoms with Crippen LogP contribution in [0.15, 0.2) is 36.2 Å². The van der Waals surface area contributed by atoms with Crippen LogP contribution in [0, 0.1) is 0 Å². The topological polar surface area (TPSA) is 35.5 Å². The Hall–Kier alpha value is -1.22. The molecule has 0 atom stereocenters. The Morgan fingerprint density at radius 3 is 2.56 bits per heavy atom. The van der Waals surface area contributed by atoms with Gasteiger partial charge in [0.05, 0.1) is 6.61 Å². The molecule has 16 heavy (non-hydrogen) atoms. The van der Waals surface area contributed by atoms with Crippen molar-refractivity contribution < 1.29 is 5.11 Å². The van der Waals surface area contributed by atoms with E-state index < -0.39 is 0 Å². The van der Waals surface area contributed by atoms with E-state index in [0.29, 0.717) is 6.54 Å². The number of rotatable bonds is 8. The molecule has 0 fully saturated rings. The van der Waals surface area contributed by atoms with Crippen molar-refractivity contribution in [1.29, 1.82) is 0 Å². The van der Waals surface area contributed by atoms with Crippen molar-refractivity contribution in [3.8, 4) is 0 Å². The number of nitrogens with one attached hydrogen (secondary N) is 1. The molecule has 0 saturated carbocycles. The smallest absolute Gasteiger partial charge is 0.0606 e. The van der Waals surface area contributed by atoms with E-state index in [1.54, 1.807) is 0 Å². The van der Waals surface area contributed by atoms with Crippen LogP contribution >= 0.6 is 0 Å². The van der Waals surface area contributed by atoms with Gasteiger partial charge in [-0.3, -0.25) is 0 Å². The molecule has 0 radical (unpaired) electrons. The Balaban J connectivity index is 4.74. The molecule has 0 amide bonds. The van der Waals surface area contributed by atoms with E-state index in [-0.39, 0.29) is 6.61 Å². The summed E-state index contributed by atoms with van der Waals surface area (Å²) in [5, 5.41) is 12.1. The largest absolute Gasteiger partial charge is 0.395 e. The molecule has 3 heteroatoms. The van der Waals surface area contributed by atoms with Gasteiger partial charge in [0.1, 0.15) is 0 Å². The van der Waals surface area contributed by atoms with E-state index in [4.69, 9.17) is 5.11 Å². The predicted octanol–water partition coefficient (Wildman–Crippen LogP) is 1.88. The van der Waals surface area contributed by atoms with Crippen molar-refractivity contribution in [2.45, 2.75) is 20.3 Å². The fourth-order valence-corrected chi connectivity index (χ4v) is 1.38. The van der Waals surface area contributed by atoms with Crippen molar-refractivity contribution in [3.05, 3.63) is 36.2 Å². The van der Waals surface area contributed by atoms with Gasteiger partial charge in [-0.25, -0.2) is 0 Å². The van der Waals surface area contributed by atoms with Gasteiger partial charge in [0.15, 0.2) is 0 Å². The zero-order valence-electron chi connectivity index (χ0n) is 10.7. The molecular formula is C13H24N2O. The number of hydrogen-bond acceptors (Lipinski definition) is 3. The predicted molar refractivity (Wildman–Crippen MR) is 70.0 cm³/mol. The highest BCUT2D eigenvalue weighted by molar-refractivity contribution is 5.17. The van der Waals surface area contributed by atoms with E-state index in [0.717, 1.165) is 18.7 Å². The summed E-state index contributed by atoms with van der Waals surface area (Å²) in [6.07, 6.45) is 6.82. The van der Waals surface area contributed by atoms with Gasteiger partial charge >= 0.3 is 0 Å². The van der Waals surface area contributed by atoms with Gasteiger partial charge in [-0.2, -0.15) is 0 Å². The summed E-state index contributed by atoms with van der Waals surface area (Å²) in [5.41, 5.74) is 2.29. The van der Waals surface area contributed by atoms with Crippen molar-refractivity contribution in [2.24, 2.45) is 0 Å². The maximum Gasteiger partial charge on any atom is 0.0606 e. The monoisotopic (exact) mass is 224 g/mol. The summed E-state index contributed by atoms with van der Waals surface area (Å²) >= 11 is 0. The van der Waals surface area contributed by atoms with E-state index in [1.807, 2.05) is 26.1 Å². The third-order valence-corrected chi connectivity index (χ3v) is 2.43. The summed E-state index contributed by atoms with van der Waals surface area (Å²) < 4.78 is 0. The first-order chi connectivity index (χ1) is 7.69. The highest BCUT2D eigenvalue weighted by Gasteiger charge is 2.04. The lowest BCUT2D eigenvalue weighted by molar-refractivity contribution is 0.229. The summed E-state index contributed by atoms with van der Waals surface area (Å²) in [5.74, 6) is 0. The van der Waals surface area contributed by atoms with Crippen molar-refractivity contribution in [1.82, 2.24) is 10.2 Å².